The Bertz CT molecular complexity index is 997. The number of rotatable bonds is 6. The molecule has 0 radical (unpaired) electrons. The molecule has 1 aromatic heterocycles. The largest absolute Gasteiger partial charge is 0.310 e. The summed E-state index contributed by atoms with van der Waals surface area (Å²) in [5.74, 6) is 0.633. The average molecular weight is 467 g/mol. The van der Waals surface area contributed by atoms with Crippen LogP contribution in [0.15, 0.2) is 34.8 Å². The van der Waals surface area contributed by atoms with E-state index in [2.05, 4.69) is 43.8 Å². The van der Waals surface area contributed by atoms with E-state index in [4.69, 9.17) is 0 Å². The number of hydrogen-bond donors (Lipinski definition) is 2. The predicted octanol–water partition coefficient (Wildman–Crippen LogP) is 2.53. The maximum atomic E-state index is 12.5. The maximum absolute atomic E-state index is 12.5. The van der Waals surface area contributed by atoms with Crippen LogP contribution >= 0.6 is 15.9 Å². The number of anilines is 1. The van der Waals surface area contributed by atoms with Crippen LogP contribution in [-0.2, 0) is 20.2 Å². The molecular formula is C19H23BrN4O3S. The molecule has 1 amide bonds. The van der Waals surface area contributed by atoms with Crippen molar-refractivity contribution in [2.24, 2.45) is 0 Å². The number of halogens is 1. The minimum absolute atomic E-state index is 0.0713. The van der Waals surface area contributed by atoms with Crippen molar-refractivity contribution in [3.8, 4) is 0 Å². The molecule has 2 N–H and O–H groups in total. The first-order valence-corrected chi connectivity index (χ1v) is 12.0. The molecule has 1 unspecified atom stereocenters. The second-order valence-electron chi connectivity index (χ2n) is 7.66. The second kappa shape index (κ2) is 7.27. The van der Waals surface area contributed by atoms with Crippen LogP contribution in [0, 0.1) is 6.92 Å². The molecule has 2 aliphatic rings. The summed E-state index contributed by atoms with van der Waals surface area (Å²) in [6, 6.07) is 9.72. The van der Waals surface area contributed by atoms with Crippen LogP contribution in [0.4, 0.5) is 5.82 Å². The summed E-state index contributed by atoms with van der Waals surface area (Å²) >= 11 is 3.45. The number of aryl methyl sites for hydroxylation is 1. The van der Waals surface area contributed by atoms with Gasteiger partial charge in [0.2, 0.25) is 5.91 Å². The SMILES string of the molecule is Cc1cc(NC(=O)CNC2(c3ccc(Br)cc3)CC2)n(C2CCS(=O)(=O)C2)n1. The highest BCUT2D eigenvalue weighted by atomic mass is 79.9. The van der Waals surface area contributed by atoms with Gasteiger partial charge in [0.05, 0.1) is 29.8 Å². The van der Waals surface area contributed by atoms with Gasteiger partial charge < -0.3 is 5.32 Å². The highest BCUT2D eigenvalue weighted by Crippen LogP contribution is 2.45. The van der Waals surface area contributed by atoms with E-state index in [-0.39, 0.29) is 35.5 Å². The molecule has 1 aromatic carbocycles. The van der Waals surface area contributed by atoms with E-state index in [1.807, 2.05) is 19.1 Å². The third-order valence-electron chi connectivity index (χ3n) is 5.41. The number of carbonyl (C=O) groups excluding carboxylic acids is 1. The quantitative estimate of drug-likeness (QED) is 0.681. The number of carbonyl (C=O) groups is 1. The summed E-state index contributed by atoms with van der Waals surface area (Å²) in [4.78, 5) is 12.5. The lowest BCUT2D eigenvalue weighted by Gasteiger charge is -2.18. The third kappa shape index (κ3) is 4.16. The van der Waals surface area contributed by atoms with Gasteiger partial charge in [-0.1, -0.05) is 28.1 Å². The van der Waals surface area contributed by atoms with E-state index in [1.165, 1.54) is 5.56 Å². The summed E-state index contributed by atoms with van der Waals surface area (Å²) in [6.45, 7) is 2.02. The zero-order valence-electron chi connectivity index (χ0n) is 15.6. The molecule has 9 heteroatoms. The molecule has 1 saturated heterocycles. The van der Waals surface area contributed by atoms with E-state index in [0.29, 0.717) is 12.2 Å². The summed E-state index contributed by atoms with van der Waals surface area (Å²) in [5, 5.41) is 10.7. The molecular weight excluding hydrogens is 444 g/mol. The summed E-state index contributed by atoms with van der Waals surface area (Å²) < 4.78 is 26.3. The molecule has 1 aliphatic carbocycles. The van der Waals surface area contributed by atoms with Crippen LogP contribution in [0.5, 0.6) is 0 Å². The standard InChI is InChI=1S/C19H23BrN4O3S/c1-13-10-17(24(23-13)16-6-9-28(26,27)12-16)22-18(25)11-21-19(7-8-19)14-2-4-15(20)5-3-14/h2-5,10,16,21H,6-9,11-12H2,1H3,(H,22,25). The summed E-state index contributed by atoms with van der Waals surface area (Å²) in [5.41, 5.74) is 1.80. The normalized spacial score (nSPS) is 22.1. The van der Waals surface area contributed by atoms with Crippen molar-refractivity contribution in [1.82, 2.24) is 15.1 Å². The Morgan fingerprint density at radius 2 is 2.04 bits per heavy atom. The highest BCUT2D eigenvalue weighted by molar-refractivity contribution is 9.10. The summed E-state index contributed by atoms with van der Waals surface area (Å²) in [7, 11) is -3.02. The molecule has 4 rings (SSSR count). The molecule has 7 nitrogen and oxygen atoms in total. The smallest absolute Gasteiger partial charge is 0.239 e. The summed E-state index contributed by atoms with van der Waals surface area (Å²) in [6.07, 6.45) is 2.52. The van der Waals surface area contributed by atoms with E-state index in [9.17, 15) is 13.2 Å². The van der Waals surface area contributed by atoms with Crippen molar-refractivity contribution in [3.63, 3.8) is 0 Å². The van der Waals surface area contributed by atoms with Gasteiger partial charge in [0.15, 0.2) is 9.84 Å². The van der Waals surface area contributed by atoms with Crippen LogP contribution in [0.1, 0.15) is 36.6 Å². The molecule has 28 heavy (non-hydrogen) atoms. The fraction of sp³-hybridized carbons (Fsp3) is 0.474. The molecule has 1 atom stereocenters. The third-order valence-corrected chi connectivity index (χ3v) is 7.69. The molecule has 1 saturated carbocycles. The molecule has 150 valence electrons. The Labute approximate surface area is 172 Å². The van der Waals surface area contributed by atoms with E-state index in [1.54, 1.807) is 10.7 Å². The van der Waals surface area contributed by atoms with Crippen molar-refractivity contribution in [1.29, 1.82) is 0 Å². The van der Waals surface area contributed by atoms with Gasteiger partial charge in [-0.2, -0.15) is 5.10 Å². The molecule has 2 heterocycles. The monoisotopic (exact) mass is 466 g/mol. The Hall–Kier alpha value is -1.71. The number of sulfone groups is 1. The fourth-order valence-corrected chi connectivity index (χ4v) is 5.71. The fourth-order valence-electron chi connectivity index (χ4n) is 3.75. The van der Waals surface area contributed by atoms with Gasteiger partial charge in [0, 0.05) is 16.1 Å². The van der Waals surface area contributed by atoms with Crippen LogP contribution < -0.4 is 10.6 Å². The lowest BCUT2D eigenvalue weighted by atomic mass is 10.1. The number of aromatic nitrogens is 2. The number of nitrogens with zero attached hydrogens (tertiary/aromatic N) is 2. The van der Waals surface area contributed by atoms with Crippen LogP contribution in [0.2, 0.25) is 0 Å². The topological polar surface area (TPSA) is 93.1 Å². The molecule has 1 aliphatic heterocycles. The van der Waals surface area contributed by atoms with Gasteiger partial charge in [0.25, 0.3) is 0 Å². The maximum Gasteiger partial charge on any atom is 0.239 e. The number of benzene rings is 1. The van der Waals surface area contributed by atoms with Gasteiger partial charge >= 0.3 is 0 Å². The molecule has 0 bridgehead atoms. The first-order chi connectivity index (χ1) is 13.3. The van der Waals surface area contributed by atoms with Gasteiger partial charge in [-0.05, 0) is 43.9 Å². The van der Waals surface area contributed by atoms with Crippen LogP contribution in [-0.4, -0.2) is 42.2 Å². The average Bonchev–Trinajstić information content (AvgIpc) is 3.22. The van der Waals surface area contributed by atoms with Gasteiger partial charge in [-0.15, -0.1) is 0 Å². The van der Waals surface area contributed by atoms with E-state index in [0.717, 1.165) is 23.0 Å². The Kier molecular flexibility index (Phi) is 5.09. The predicted molar refractivity (Wildman–Crippen MR) is 111 cm³/mol. The Morgan fingerprint density at radius 3 is 2.64 bits per heavy atom. The Balaban J connectivity index is 1.40. The lowest BCUT2D eigenvalue weighted by molar-refractivity contribution is -0.115. The second-order valence-corrected chi connectivity index (χ2v) is 10.8. The molecule has 2 fully saturated rings. The number of hydrogen-bond acceptors (Lipinski definition) is 5. The number of amides is 1. The zero-order valence-corrected chi connectivity index (χ0v) is 18.0. The minimum Gasteiger partial charge on any atom is -0.310 e. The van der Waals surface area contributed by atoms with Gasteiger partial charge in [-0.3, -0.25) is 10.1 Å². The van der Waals surface area contributed by atoms with Gasteiger partial charge in [0.1, 0.15) is 5.82 Å². The molecule has 2 aromatic rings. The van der Waals surface area contributed by atoms with Crippen molar-refractivity contribution in [2.45, 2.75) is 37.8 Å². The lowest BCUT2D eigenvalue weighted by Crippen LogP contribution is -2.36. The van der Waals surface area contributed by atoms with Crippen molar-refractivity contribution in [3.05, 3.63) is 46.1 Å². The molecule has 0 spiro atoms. The highest BCUT2D eigenvalue weighted by Gasteiger charge is 2.44. The Morgan fingerprint density at radius 1 is 1.32 bits per heavy atom. The van der Waals surface area contributed by atoms with Crippen molar-refractivity contribution in [2.75, 3.05) is 23.4 Å². The van der Waals surface area contributed by atoms with Gasteiger partial charge in [-0.25, -0.2) is 13.1 Å². The minimum atomic E-state index is -3.02. The van der Waals surface area contributed by atoms with E-state index < -0.39 is 9.84 Å². The first kappa shape index (κ1) is 19.6. The zero-order chi connectivity index (χ0) is 19.9. The first-order valence-electron chi connectivity index (χ1n) is 9.34. The van der Waals surface area contributed by atoms with E-state index >= 15 is 0 Å². The van der Waals surface area contributed by atoms with Crippen molar-refractivity contribution >= 4 is 37.5 Å². The van der Waals surface area contributed by atoms with Crippen LogP contribution in [0.3, 0.4) is 0 Å². The number of nitrogens with one attached hydrogen (secondary N) is 2. The van der Waals surface area contributed by atoms with Crippen molar-refractivity contribution < 1.29 is 13.2 Å². The van der Waals surface area contributed by atoms with Crippen LogP contribution in [0.25, 0.3) is 0 Å².